The Balaban J connectivity index is 3.79. The summed E-state index contributed by atoms with van der Waals surface area (Å²) in [5, 5.41) is 0. The van der Waals surface area contributed by atoms with Crippen molar-refractivity contribution in [2.24, 2.45) is 0 Å². The molecule has 0 rings (SSSR count). The van der Waals surface area contributed by atoms with Gasteiger partial charge >= 0.3 is 5.97 Å². The van der Waals surface area contributed by atoms with E-state index in [2.05, 4.69) is 4.74 Å². The maximum absolute atomic E-state index is 10.5. The highest BCUT2D eigenvalue weighted by atomic mass is 16.5. The number of carbonyl (C=O) groups excluding carboxylic acids is 1. The number of allylic oxidation sites excluding steroid dienone is 1. The van der Waals surface area contributed by atoms with Crippen LogP contribution in [0.4, 0.5) is 0 Å². The zero-order valence-electron chi connectivity index (χ0n) is 6.10. The maximum atomic E-state index is 10.5. The van der Waals surface area contributed by atoms with E-state index in [0.717, 1.165) is 12.0 Å². The van der Waals surface area contributed by atoms with Gasteiger partial charge in [0, 0.05) is 6.08 Å². The van der Waals surface area contributed by atoms with Gasteiger partial charge in [-0.1, -0.05) is 12.5 Å². The molecule has 0 atom stereocenters. The number of ether oxygens (including phenoxy) is 1. The van der Waals surface area contributed by atoms with Gasteiger partial charge in [0.15, 0.2) is 0 Å². The van der Waals surface area contributed by atoms with E-state index in [1.54, 1.807) is 0 Å². The van der Waals surface area contributed by atoms with Crippen LogP contribution in [0.15, 0.2) is 11.6 Å². The lowest BCUT2D eigenvalue weighted by molar-refractivity contribution is -0.134. The third-order valence-electron chi connectivity index (χ3n) is 1.12. The van der Waals surface area contributed by atoms with Crippen LogP contribution < -0.4 is 0 Å². The molecule has 0 aromatic carbocycles. The van der Waals surface area contributed by atoms with Crippen molar-refractivity contribution in [2.75, 3.05) is 7.11 Å². The number of esters is 1. The molecule has 0 saturated carbocycles. The van der Waals surface area contributed by atoms with Gasteiger partial charge in [0.2, 0.25) is 0 Å². The van der Waals surface area contributed by atoms with Gasteiger partial charge < -0.3 is 4.74 Å². The molecule has 0 aromatic heterocycles. The minimum atomic E-state index is -0.269. The Kier molecular flexibility index (Phi) is 3.76. The van der Waals surface area contributed by atoms with Crippen molar-refractivity contribution in [1.82, 2.24) is 0 Å². The number of rotatable bonds is 2. The zero-order chi connectivity index (χ0) is 7.28. The van der Waals surface area contributed by atoms with E-state index < -0.39 is 0 Å². The molecule has 52 valence electrons. The fourth-order valence-electron chi connectivity index (χ4n) is 0.362. The van der Waals surface area contributed by atoms with E-state index in [9.17, 15) is 4.79 Å². The molecule has 0 aliphatic rings. The van der Waals surface area contributed by atoms with Crippen LogP contribution in [0.2, 0.25) is 0 Å². The summed E-state index contributed by atoms with van der Waals surface area (Å²) in [6, 6.07) is 0. The van der Waals surface area contributed by atoms with Gasteiger partial charge in [-0.05, 0) is 13.3 Å². The lowest BCUT2D eigenvalue weighted by atomic mass is 10.2. The molecule has 0 heterocycles. The van der Waals surface area contributed by atoms with Gasteiger partial charge in [-0.2, -0.15) is 0 Å². The van der Waals surface area contributed by atoms with Gasteiger partial charge in [-0.25, -0.2) is 4.79 Å². The zero-order valence-corrected chi connectivity index (χ0v) is 6.10. The molecule has 0 aliphatic heterocycles. The van der Waals surface area contributed by atoms with E-state index in [4.69, 9.17) is 0 Å². The lowest BCUT2D eigenvalue weighted by Gasteiger charge is -1.92. The Morgan fingerprint density at radius 3 is 2.56 bits per heavy atom. The SMILES string of the molecule is CC/C(C)=C\C(=O)OC. The maximum Gasteiger partial charge on any atom is 0.330 e. The Morgan fingerprint density at radius 2 is 2.22 bits per heavy atom. The van der Waals surface area contributed by atoms with Crippen LogP contribution in [0.5, 0.6) is 0 Å². The van der Waals surface area contributed by atoms with Crippen LogP contribution in [0, 0.1) is 0 Å². The third-order valence-corrected chi connectivity index (χ3v) is 1.12. The van der Waals surface area contributed by atoms with Crippen LogP contribution >= 0.6 is 0 Å². The first-order valence-electron chi connectivity index (χ1n) is 2.95. The highest BCUT2D eigenvalue weighted by Gasteiger charge is 1.92. The lowest BCUT2D eigenvalue weighted by Crippen LogP contribution is -1.95. The molecule has 0 radical (unpaired) electrons. The van der Waals surface area contributed by atoms with Crippen LogP contribution in [0.25, 0.3) is 0 Å². The largest absolute Gasteiger partial charge is 0.466 e. The molecule has 0 aromatic rings. The smallest absolute Gasteiger partial charge is 0.330 e. The summed E-state index contributed by atoms with van der Waals surface area (Å²) in [5.74, 6) is -0.269. The Hall–Kier alpha value is -0.790. The fraction of sp³-hybridized carbons (Fsp3) is 0.571. The van der Waals surface area contributed by atoms with Crippen LogP contribution in [-0.2, 0) is 9.53 Å². The van der Waals surface area contributed by atoms with Crippen molar-refractivity contribution in [3.05, 3.63) is 11.6 Å². The summed E-state index contributed by atoms with van der Waals surface area (Å²) in [6.45, 7) is 3.89. The molecule has 0 unspecified atom stereocenters. The topological polar surface area (TPSA) is 26.3 Å². The summed E-state index contributed by atoms with van der Waals surface area (Å²) in [7, 11) is 1.38. The van der Waals surface area contributed by atoms with Gasteiger partial charge in [0.25, 0.3) is 0 Å². The Labute approximate surface area is 55.5 Å². The first-order chi connectivity index (χ1) is 4.20. The van der Waals surface area contributed by atoms with Gasteiger partial charge in [0.05, 0.1) is 7.11 Å². The molecule has 0 saturated heterocycles. The van der Waals surface area contributed by atoms with Crippen LogP contribution in [-0.4, -0.2) is 13.1 Å². The molecular weight excluding hydrogens is 116 g/mol. The molecule has 0 amide bonds. The van der Waals surface area contributed by atoms with Crippen molar-refractivity contribution >= 4 is 5.97 Å². The Morgan fingerprint density at radius 1 is 1.67 bits per heavy atom. The van der Waals surface area contributed by atoms with Crippen molar-refractivity contribution in [2.45, 2.75) is 20.3 Å². The summed E-state index contributed by atoms with van der Waals surface area (Å²) >= 11 is 0. The molecule has 0 bridgehead atoms. The normalized spacial score (nSPS) is 11.2. The summed E-state index contributed by atoms with van der Waals surface area (Å²) < 4.78 is 4.41. The van der Waals surface area contributed by atoms with E-state index in [1.165, 1.54) is 13.2 Å². The monoisotopic (exact) mass is 128 g/mol. The average Bonchev–Trinajstić information content (AvgIpc) is 1.87. The predicted octanol–water partition coefficient (Wildman–Crippen LogP) is 1.52. The van der Waals surface area contributed by atoms with Crippen LogP contribution in [0.3, 0.4) is 0 Å². The van der Waals surface area contributed by atoms with Gasteiger partial charge in [-0.3, -0.25) is 0 Å². The summed E-state index contributed by atoms with van der Waals surface area (Å²) in [4.78, 5) is 10.5. The van der Waals surface area contributed by atoms with E-state index in [1.807, 2.05) is 13.8 Å². The molecule has 9 heavy (non-hydrogen) atoms. The molecule has 2 heteroatoms. The molecule has 0 fully saturated rings. The van der Waals surface area contributed by atoms with Gasteiger partial charge in [0.1, 0.15) is 0 Å². The number of hydrogen-bond donors (Lipinski definition) is 0. The second kappa shape index (κ2) is 4.13. The van der Waals surface area contributed by atoms with E-state index in [0.29, 0.717) is 0 Å². The molecule has 0 spiro atoms. The standard InChI is InChI=1S/C7H12O2/c1-4-6(2)5-7(8)9-3/h5H,4H2,1-3H3/b6-5-. The number of carbonyl (C=O) groups is 1. The van der Waals surface area contributed by atoms with Crippen molar-refractivity contribution in [1.29, 1.82) is 0 Å². The first-order valence-corrected chi connectivity index (χ1v) is 2.95. The van der Waals surface area contributed by atoms with Crippen molar-refractivity contribution in [3.8, 4) is 0 Å². The minimum absolute atomic E-state index is 0.269. The highest BCUT2D eigenvalue weighted by molar-refractivity contribution is 5.82. The second-order valence-corrected chi connectivity index (χ2v) is 1.87. The van der Waals surface area contributed by atoms with E-state index >= 15 is 0 Å². The minimum Gasteiger partial charge on any atom is -0.466 e. The third kappa shape index (κ3) is 3.76. The van der Waals surface area contributed by atoms with Gasteiger partial charge in [-0.15, -0.1) is 0 Å². The van der Waals surface area contributed by atoms with Crippen molar-refractivity contribution in [3.63, 3.8) is 0 Å². The van der Waals surface area contributed by atoms with Crippen LogP contribution in [0.1, 0.15) is 20.3 Å². The highest BCUT2D eigenvalue weighted by Crippen LogP contribution is 1.97. The quantitative estimate of drug-likeness (QED) is 0.416. The molecule has 2 nitrogen and oxygen atoms in total. The molecule has 0 aliphatic carbocycles. The fourth-order valence-corrected chi connectivity index (χ4v) is 0.362. The summed E-state index contributed by atoms with van der Waals surface area (Å²) in [5.41, 5.74) is 1.04. The number of hydrogen-bond acceptors (Lipinski definition) is 2. The number of methoxy groups -OCH3 is 1. The average molecular weight is 128 g/mol. The molecule has 0 N–H and O–H groups in total. The first kappa shape index (κ1) is 8.21. The van der Waals surface area contributed by atoms with Crippen molar-refractivity contribution < 1.29 is 9.53 Å². The second-order valence-electron chi connectivity index (χ2n) is 1.87. The Bertz CT molecular complexity index is 125. The summed E-state index contributed by atoms with van der Waals surface area (Å²) in [6.07, 6.45) is 2.40. The predicted molar refractivity (Wildman–Crippen MR) is 36.1 cm³/mol. The molecular formula is C7H12O2. The van der Waals surface area contributed by atoms with E-state index in [-0.39, 0.29) is 5.97 Å².